The zero-order valence-corrected chi connectivity index (χ0v) is 14.5. The molecule has 0 aliphatic heterocycles. The Labute approximate surface area is 141 Å². The third-order valence-electron chi connectivity index (χ3n) is 3.36. The molecule has 0 aliphatic rings. The molecule has 0 saturated carbocycles. The normalized spacial score (nSPS) is 11.5. The highest BCUT2D eigenvalue weighted by atomic mass is 32.2. The van der Waals surface area contributed by atoms with Crippen molar-refractivity contribution in [1.29, 1.82) is 0 Å². The number of primary sulfonamides is 1. The standard InChI is InChI=1S/C17H19NO5S/c1-21-15-10-13(11-16(22-2)17(15)23-3)5-4-12-6-8-14(9-7-12)24(18,19)20/h4-11H,1-3H3,(H2,18,19,20)/b5-4+. The Morgan fingerprint density at radius 2 is 1.33 bits per heavy atom. The first-order valence-electron chi connectivity index (χ1n) is 7.00. The fraction of sp³-hybridized carbons (Fsp3) is 0.176. The number of ether oxygens (including phenoxy) is 3. The quantitative estimate of drug-likeness (QED) is 0.810. The van der Waals surface area contributed by atoms with Gasteiger partial charge in [-0.15, -0.1) is 0 Å². The minimum absolute atomic E-state index is 0.0763. The highest BCUT2D eigenvalue weighted by Crippen LogP contribution is 2.38. The summed E-state index contributed by atoms with van der Waals surface area (Å²) < 4.78 is 38.4. The number of nitrogens with two attached hydrogens (primary N) is 1. The first-order chi connectivity index (χ1) is 11.4. The van der Waals surface area contributed by atoms with E-state index in [9.17, 15) is 8.42 Å². The highest BCUT2D eigenvalue weighted by molar-refractivity contribution is 7.89. The van der Waals surface area contributed by atoms with Crippen LogP contribution in [0, 0.1) is 0 Å². The van der Waals surface area contributed by atoms with Crippen molar-refractivity contribution in [3.05, 3.63) is 47.5 Å². The van der Waals surface area contributed by atoms with Crippen molar-refractivity contribution in [2.45, 2.75) is 4.90 Å². The van der Waals surface area contributed by atoms with E-state index in [1.807, 2.05) is 24.3 Å². The van der Waals surface area contributed by atoms with Crippen molar-refractivity contribution in [3.8, 4) is 17.2 Å². The van der Waals surface area contributed by atoms with Gasteiger partial charge in [0.2, 0.25) is 15.8 Å². The van der Waals surface area contributed by atoms with Crippen LogP contribution in [0.25, 0.3) is 12.2 Å². The zero-order valence-electron chi connectivity index (χ0n) is 13.6. The molecule has 0 saturated heterocycles. The maximum absolute atomic E-state index is 11.2. The summed E-state index contributed by atoms with van der Waals surface area (Å²) in [5, 5.41) is 5.08. The Morgan fingerprint density at radius 3 is 1.75 bits per heavy atom. The molecule has 128 valence electrons. The van der Waals surface area contributed by atoms with Gasteiger partial charge >= 0.3 is 0 Å². The van der Waals surface area contributed by atoms with E-state index in [-0.39, 0.29) is 4.90 Å². The second kappa shape index (κ2) is 7.37. The molecule has 0 amide bonds. The molecule has 0 heterocycles. The zero-order chi connectivity index (χ0) is 17.7. The van der Waals surface area contributed by atoms with E-state index < -0.39 is 10.0 Å². The Kier molecular flexibility index (Phi) is 5.48. The van der Waals surface area contributed by atoms with Gasteiger partial charge in [-0.25, -0.2) is 13.6 Å². The predicted octanol–water partition coefficient (Wildman–Crippen LogP) is 2.53. The van der Waals surface area contributed by atoms with Crippen LogP contribution in [0.5, 0.6) is 17.2 Å². The maximum Gasteiger partial charge on any atom is 0.238 e. The SMILES string of the molecule is COc1cc(/C=C/c2ccc(S(N)(=O)=O)cc2)cc(OC)c1OC. The van der Waals surface area contributed by atoms with Crippen LogP contribution in [0.2, 0.25) is 0 Å². The molecular formula is C17H19NO5S. The van der Waals surface area contributed by atoms with Gasteiger partial charge < -0.3 is 14.2 Å². The predicted molar refractivity (Wildman–Crippen MR) is 92.8 cm³/mol. The molecule has 2 aromatic carbocycles. The van der Waals surface area contributed by atoms with Crippen LogP contribution in [0.15, 0.2) is 41.3 Å². The number of hydrogen-bond donors (Lipinski definition) is 1. The molecule has 24 heavy (non-hydrogen) atoms. The lowest BCUT2D eigenvalue weighted by Crippen LogP contribution is -2.11. The average molecular weight is 349 g/mol. The summed E-state index contributed by atoms with van der Waals surface area (Å²) >= 11 is 0. The van der Waals surface area contributed by atoms with Crippen LogP contribution in [-0.2, 0) is 10.0 Å². The molecule has 6 nitrogen and oxygen atoms in total. The lowest BCUT2D eigenvalue weighted by atomic mass is 10.1. The molecule has 0 fully saturated rings. The minimum atomic E-state index is -3.68. The lowest BCUT2D eigenvalue weighted by molar-refractivity contribution is 0.324. The molecule has 0 spiro atoms. The third-order valence-corrected chi connectivity index (χ3v) is 4.29. The van der Waals surface area contributed by atoms with E-state index in [0.29, 0.717) is 17.2 Å². The summed E-state index contributed by atoms with van der Waals surface area (Å²) in [6.45, 7) is 0. The molecule has 0 unspecified atom stereocenters. The Hall–Kier alpha value is -2.51. The molecular weight excluding hydrogens is 330 g/mol. The smallest absolute Gasteiger partial charge is 0.238 e. The Morgan fingerprint density at radius 1 is 0.833 bits per heavy atom. The molecule has 0 aromatic heterocycles. The van der Waals surface area contributed by atoms with Gasteiger partial charge in [0, 0.05) is 0 Å². The molecule has 2 rings (SSSR count). The van der Waals surface area contributed by atoms with Gasteiger partial charge in [-0.1, -0.05) is 24.3 Å². The monoisotopic (exact) mass is 349 g/mol. The van der Waals surface area contributed by atoms with Gasteiger partial charge in [-0.3, -0.25) is 0 Å². The molecule has 0 radical (unpaired) electrons. The van der Waals surface area contributed by atoms with Crippen molar-refractivity contribution < 1.29 is 22.6 Å². The second-order valence-corrected chi connectivity index (χ2v) is 6.47. The Bertz CT molecular complexity index is 817. The van der Waals surface area contributed by atoms with Crippen LogP contribution >= 0.6 is 0 Å². The summed E-state index contributed by atoms with van der Waals surface area (Å²) in [7, 11) is 0.966. The van der Waals surface area contributed by atoms with Crippen molar-refractivity contribution in [1.82, 2.24) is 0 Å². The van der Waals surface area contributed by atoms with E-state index in [1.165, 1.54) is 12.1 Å². The van der Waals surface area contributed by atoms with Gasteiger partial charge in [-0.05, 0) is 35.4 Å². The summed E-state index contributed by atoms with van der Waals surface area (Å²) in [5.41, 5.74) is 1.68. The second-order valence-electron chi connectivity index (χ2n) is 4.91. The summed E-state index contributed by atoms with van der Waals surface area (Å²) in [6, 6.07) is 9.91. The largest absolute Gasteiger partial charge is 0.493 e. The number of sulfonamides is 1. The van der Waals surface area contributed by atoms with E-state index in [2.05, 4.69) is 0 Å². The van der Waals surface area contributed by atoms with Crippen LogP contribution in [0.3, 0.4) is 0 Å². The lowest BCUT2D eigenvalue weighted by Gasteiger charge is -2.12. The fourth-order valence-electron chi connectivity index (χ4n) is 2.16. The first-order valence-corrected chi connectivity index (χ1v) is 8.54. The molecule has 2 aromatic rings. The third kappa shape index (κ3) is 4.06. The Balaban J connectivity index is 2.32. The maximum atomic E-state index is 11.2. The molecule has 2 N–H and O–H groups in total. The topological polar surface area (TPSA) is 87.9 Å². The van der Waals surface area contributed by atoms with Gasteiger partial charge in [0.15, 0.2) is 11.5 Å². The number of methoxy groups -OCH3 is 3. The molecule has 0 bridgehead atoms. The van der Waals surface area contributed by atoms with E-state index in [1.54, 1.807) is 33.5 Å². The van der Waals surface area contributed by atoms with Gasteiger partial charge in [0.05, 0.1) is 26.2 Å². The number of benzene rings is 2. The summed E-state index contributed by atoms with van der Waals surface area (Å²) in [4.78, 5) is 0.0763. The summed E-state index contributed by atoms with van der Waals surface area (Å²) in [5.74, 6) is 1.64. The van der Waals surface area contributed by atoms with E-state index in [4.69, 9.17) is 19.3 Å². The fourth-order valence-corrected chi connectivity index (χ4v) is 2.67. The van der Waals surface area contributed by atoms with E-state index >= 15 is 0 Å². The summed E-state index contributed by atoms with van der Waals surface area (Å²) in [6.07, 6.45) is 3.70. The van der Waals surface area contributed by atoms with Crippen LogP contribution in [-0.4, -0.2) is 29.7 Å². The van der Waals surface area contributed by atoms with Crippen molar-refractivity contribution in [2.24, 2.45) is 5.14 Å². The average Bonchev–Trinajstić information content (AvgIpc) is 2.58. The van der Waals surface area contributed by atoms with Crippen LogP contribution in [0.1, 0.15) is 11.1 Å². The van der Waals surface area contributed by atoms with Crippen molar-refractivity contribution in [3.63, 3.8) is 0 Å². The van der Waals surface area contributed by atoms with Gasteiger partial charge in [0.25, 0.3) is 0 Å². The van der Waals surface area contributed by atoms with Crippen molar-refractivity contribution in [2.75, 3.05) is 21.3 Å². The van der Waals surface area contributed by atoms with Crippen molar-refractivity contribution >= 4 is 22.2 Å². The first kappa shape index (κ1) is 17.8. The minimum Gasteiger partial charge on any atom is -0.493 e. The highest BCUT2D eigenvalue weighted by Gasteiger charge is 2.12. The number of hydrogen-bond acceptors (Lipinski definition) is 5. The molecule has 7 heteroatoms. The molecule has 0 aliphatic carbocycles. The molecule has 0 atom stereocenters. The van der Waals surface area contributed by atoms with E-state index in [0.717, 1.165) is 11.1 Å². The van der Waals surface area contributed by atoms with Gasteiger partial charge in [0.1, 0.15) is 0 Å². The van der Waals surface area contributed by atoms with Gasteiger partial charge in [-0.2, -0.15) is 0 Å². The van der Waals surface area contributed by atoms with Crippen LogP contribution in [0.4, 0.5) is 0 Å². The number of rotatable bonds is 6. The van der Waals surface area contributed by atoms with Crippen LogP contribution < -0.4 is 19.3 Å².